The number of Topliss-reactive ketones (excluding diaryl/α,β-unsaturated/α-hetero) is 7. The molecule has 52 heavy (non-hydrogen) atoms. The molecule has 0 radical (unpaired) electrons. The molecule has 10 atom stereocenters. The zero-order chi connectivity index (χ0) is 40.4. The number of aliphatic hydroxyl groups is 8. The molecule has 18 nitrogen and oxygen atoms in total. The van der Waals surface area contributed by atoms with Crippen molar-refractivity contribution in [1.82, 2.24) is 0 Å². The van der Waals surface area contributed by atoms with Gasteiger partial charge in [-0.05, 0) is 0 Å². The van der Waals surface area contributed by atoms with Gasteiger partial charge in [0.1, 0.15) is 0 Å². The van der Waals surface area contributed by atoms with Crippen LogP contribution in [0.3, 0.4) is 0 Å². The molecule has 2 heterocycles. The second-order valence-electron chi connectivity index (χ2n) is 13.0. The van der Waals surface area contributed by atoms with Gasteiger partial charge in [-0.25, -0.2) is 0 Å². The van der Waals surface area contributed by atoms with Crippen LogP contribution in [-0.4, -0.2) is 166 Å². The Morgan fingerprint density at radius 2 is 1.04 bits per heavy atom. The summed E-state index contributed by atoms with van der Waals surface area (Å²) in [6, 6.07) is 5.94. The summed E-state index contributed by atoms with van der Waals surface area (Å²) < 4.78 is 13.8. The van der Waals surface area contributed by atoms with Crippen molar-refractivity contribution in [1.29, 1.82) is 0 Å². The minimum atomic E-state index is -4.39. The molecule has 2 fully saturated rings. The number of aliphatic hydroxyl groups excluding tert-OH is 2. The summed E-state index contributed by atoms with van der Waals surface area (Å²) in [6.07, 6.45) is -5.40. The minimum absolute atomic E-state index is 0.154. The van der Waals surface area contributed by atoms with Crippen molar-refractivity contribution in [3.05, 3.63) is 29.8 Å². The number of hydrogen-bond acceptors (Lipinski definition) is 18. The third-order valence-electron chi connectivity index (χ3n) is 10.1. The van der Waals surface area contributed by atoms with Crippen molar-refractivity contribution in [2.75, 3.05) is 13.2 Å². The maximum absolute atomic E-state index is 14.1. The van der Waals surface area contributed by atoms with Crippen LogP contribution in [0.25, 0.3) is 0 Å². The molecule has 8 N–H and O–H groups in total. The van der Waals surface area contributed by atoms with E-state index in [4.69, 9.17) is 14.2 Å². The summed E-state index contributed by atoms with van der Waals surface area (Å²) in [5, 5.41) is 94.1. The van der Waals surface area contributed by atoms with Gasteiger partial charge in [0.05, 0.1) is 0 Å². The number of hydrogen-bond donors (Lipinski definition) is 8. The summed E-state index contributed by atoms with van der Waals surface area (Å²) in [5.74, 6) is -16.6. The van der Waals surface area contributed by atoms with E-state index < -0.39 is 125 Å². The normalized spacial score (nSPS) is 40.5. The fourth-order valence-corrected chi connectivity index (χ4v) is 9.83. The molecule has 2 aliphatic rings. The third-order valence-corrected chi connectivity index (χ3v) is 12.5. The summed E-state index contributed by atoms with van der Waals surface area (Å²) in [7, 11) is 0. The first-order valence-corrected chi connectivity index (χ1v) is 17.3. The van der Waals surface area contributed by atoms with Crippen molar-refractivity contribution in [2.45, 2.75) is 112 Å². The van der Waals surface area contributed by atoms with Gasteiger partial charge in [-0.3, -0.25) is 0 Å². The standard InChI is InChI=1S/C33H42O18Se/c1-15-9-11-23(12-10-15)52-33(48)31(47,21(7)41)29(45,19(5)39)27(17(3)37,25(14-35)50-33)51-32(22(8)42)30(46,20(6)40)28(44,18(4)38)26(43,16(2)36)24(13-34)49-32/h9-12,24-25,34-35,43-48H,13-14H2,1-8H3/t24-,25-,26+,27-,28+,29+,30-,31-,32+,33?/m1/s1. The van der Waals surface area contributed by atoms with Gasteiger partial charge in [0.25, 0.3) is 0 Å². The average molecular weight is 806 g/mol. The Balaban J connectivity index is 2.64. The Labute approximate surface area is 302 Å². The second kappa shape index (κ2) is 13.7. The number of aryl methyl sites for hydroxylation is 1. The number of rotatable bonds is 13. The molecule has 3 rings (SSSR count). The van der Waals surface area contributed by atoms with Crippen LogP contribution in [-0.2, 0) is 47.8 Å². The predicted molar refractivity (Wildman–Crippen MR) is 171 cm³/mol. The molecule has 19 heteroatoms. The number of ketones is 7. The molecule has 0 saturated carbocycles. The van der Waals surface area contributed by atoms with Crippen LogP contribution in [0.5, 0.6) is 0 Å². The van der Waals surface area contributed by atoms with Crippen molar-refractivity contribution in [2.24, 2.45) is 0 Å². The monoisotopic (exact) mass is 806 g/mol. The van der Waals surface area contributed by atoms with Crippen molar-refractivity contribution in [3.63, 3.8) is 0 Å². The summed E-state index contributed by atoms with van der Waals surface area (Å²) in [6.45, 7) is 1.91. The van der Waals surface area contributed by atoms with Gasteiger partial charge in [-0.1, -0.05) is 0 Å². The first kappa shape index (κ1) is 43.4. The van der Waals surface area contributed by atoms with E-state index in [1.165, 1.54) is 12.1 Å². The van der Waals surface area contributed by atoms with Gasteiger partial charge in [-0.15, -0.1) is 0 Å². The number of ether oxygens (including phenoxy) is 3. The molecular formula is C33H42O18Se. The first-order valence-electron chi connectivity index (χ1n) is 15.6. The van der Waals surface area contributed by atoms with E-state index in [1.807, 2.05) is 0 Å². The van der Waals surface area contributed by atoms with Crippen LogP contribution in [0, 0.1) is 6.92 Å². The van der Waals surface area contributed by atoms with Gasteiger partial charge >= 0.3 is 303 Å². The van der Waals surface area contributed by atoms with Gasteiger partial charge in [0.15, 0.2) is 0 Å². The van der Waals surface area contributed by atoms with E-state index in [0.717, 1.165) is 5.56 Å². The Hall–Kier alpha value is -3.01. The van der Waals surface area contributed by atoms with Crippen LogP contribution in [0.2, 0.25) is 0 Å². The molecule has 0 bridgehead atoms. The number of carbonyl (C=O) groups is 7. The Morgan fingerprint density at radius 1 is 0.596 bits per heavy atom. The van der Waals surface area contributed by atoms with Gasteiger partial charge < -0.3 is 0 Å². The van der Waals surface area contributed by atoms with E-state index in [1.54, 1.807) is 19.1 Å². The molecule has 2 aliphatic heterocycles. The molecular weight excluding hydrogens is 763 g/mol. The summed E-state index contributed by atoms with van der Waals surface area (Å²) in [4.78, 5) is 95.3. The van der Waals surface area contributed by atoms with E-state index in [9.17, 15) is 74.4 Å². The average Bonchev–Trinajstić information content (AvgIpc) is 3.04. The molecule has 1 aromatic carbocycles. The first-order chi connectivity index (χ1) is 23.6. The SMILES string of the molecule is CC(=O)[C@@]1(O[C@]2(C(C)=O)[C@@H](CO)OC(O)([Se]c3ccc(C)cc3)[C@@](O)(C(C)=O)[C@]2(O)C(C)=O)O[C@H](CO)[C@@](O)(C(C)=O)[C@@](O)(C(C)=O)[C@]1(O)C(C)=O. The van der Waals surface area contributed by atoms with Crippen LogP contribution < -0.4 is 4.46 Å². The topological polar surface area (TPSA) is 309 Å². The Morgan fingerprint density at radius 3 is 1.38 bits per heavy atom. The summed E-state index contributed by atoms with van der Waals surface area (Å²) >= 11 is -1.74. The van der Waals surface area contributed by atoms with Crippen molar-refractivity contribution < 1.29 is 88.6 Å². The zero-order valence-corrected chi connectivity index (χ0v) is 31.2. The zero-order valence-electron chi connectivity index (χ0n) is 29.4. The van der Waals surface area contributed by atoms with Crippen LogP contribution in [0.4, 0.5) is 0 Å². The molecule has 0 aliphatic carbocycles. The Bertz CT molecular complexity index is 1710. The third kappa shape index (κ3) is 5.07. The van der Waals surface area contributed by atoms with Gasteiger partial charge in [-0.2, -0.15) is 0 Å². The van der Waals surface area contributed by atoms with Crippen molar-refractivity contribution in [3.8, 4) is 0 Å². The van der Waals surface area contributed by atoms with E-state index in [2.05, 4.69) is 0 Å². The molecule has 0 spiro atoms. The Kier molecular flexibility index (Phi) is 11.4. The number of carbonyl (C=O) groups excluding carboxylic acids is 7. The van der Waals surface area contributed by atoms with Crippen LogP contribution >= 0.6 is 0 Å². The maximum atomic E-state index is 14.1. The molecule has 1 unspecified atom stereocenters. The summed E-state index contributed by atoms with van der Waals surface area (Å²) in [5.41, 5.74) is -23.9. The van der Waals surface area contributed by atoms with Crippen LogP contribution in [0.15, 0.2) is 24.3 Å². The molecule has 0 amide bonds. The molecule has 0 aromatic heterocycles. The van der Waals surface area contributed by atoms with E-state index in [0.29, 0.717) is 48.5 Å². The van der Waals surface area contributed by atoms with Gasteiger partial charge in [0, 0.05) is 0 Å². The van der Waals surface area contributed by atoms with Crippen molar-refractivity contribution >= 4 is 59.9 Å². The molecule has 1 aromatic rings. The molecule has 2 saturated heterocycles. The predicted octanol–water partition coefficient (Wildman–Crippen LogP) is -5.02. The van der Waals surface area contributed by atoms with E-state index in [-0.39, 0.29) is 4.46 Å². The van der Waals surface area contributed by atoms with E-state index >= 15 is 0 Å². The quantitative estimate of drug-likeness (QED) is 0.0866. The van der Waals surface area contributed by atoms with Gasteiger partial charge in [0.2, 0.25) is 0 Å². The molecule has 288 valence electrons. The fraction of sp³-hybridized carbons (Fsp3) is 0.606. The fourth-order valence-electron chi connectivity index (χ4n) is 7.32. The number of benzene rings is 1. The second-order valence-corrected chi connectivity index (χ2v) is 15.6. The van der Waals surface area contributed by atoms with Crippen LogP contribution in [0.1, 0.15) is 54.0 Å².